The van der Waals surface area contributed by atoms with Crippen molar-refractivity contribution in [1.82, 2.24) is 29.7 Å². The topological polar surface area (TPSA) is 119 Å². The molecule has 2 amide bonds. The first kappa shape index (κ1) is 33.4. The maximum absolute atomic E-state index is 13.6. The molecule has 0 bridgehead atoms. The zero-order valence-corrected chi connectivity index (χ0v) is 29.4. The predicted molar refractivity (Wildman–Crippen MR) is 197 cm³/mol. The van der Waals surface area contributed by atoms with Crippen LogP contribution in [-0.2, 0) is 5.41 Å². The van der Waals surface area contributed by atoms with Gasteiger partial charge in [-0.3, -0.25) is 9.72 Å². The monoisotopic (exact) mass is 687 g/mol. The highest BCUT2D eigenvalue weighted by atomic mass is 32.2. The van der Waals surface area contributed by atoms with Crippen molar-refractivity contribution in [2.24, 2.45) is 0 Å². The molecule has 1 aliphatic rings. The first-order valence-electron chi connectivity index (χ1n) is 16.9. The maximum atomic E-state index is 13.6. The van der Waals surface area contributed by atoms with E-state index in [-0.39, 0.29) is 30.2 Å². The van der Waals surface area contributed by atoms with Crippen LogP contribution in [0.15, 0.2) is 102 Å². The lowest BCUT2D eigenvalue weighted by molar-refractivity contribution is 0.171. The van der Waals surface area contributed by atoms with E-state index in [2.05, 4.69) is 53.7 Å². The Morgan fingerprint density at radius 3 is 2.50 bits per heavy atom. The van der Waals surface area contributed by atoms with Crippen molar-refractivity contribution in [3.63, 3.8) is 0 Å². The Balaban J connectivity index is 1.10. The van der Waals surface area contributed by atoms with Crippen LogP contribution in [0.1, 0.15) is 68.1 Å². The number of nitrogens with zero attached hydrogens (tertiary/aromatic N) is 5. The molecule has 0 spiro atoms. The molecule has 0 aliphatic heterocycles. The van der Waals surface area contributed by atoms with Crippen LogP contribution >= 0.6 is 11.8 Å². The Hall–Kier alpha value is -5.13. The third-order valence-corrected chi connectivity index (χ3v) is 9.92. The first-order chi connectivity index (χ1) is 24.2. The molecule has 0 radical (unpaired) electrons. The van der Waals surface area contributed by atoms with Gasteiger partial charge in [-0.25, -0.2) is 9.48 Å². The third kappa shape index (κ3) is 6.97. The fourth-order valence-electron chi connectivity index (χ4n) is 6.27. The minimum atomic E-state index is -0.291. The Labute approximate surface area is 295 Å². The van der Waals surface area contributed by atoms with Crippen molar-refractivity contribution in [2.45, 2.75) is 63.0 Å². The highest BCUT2D eigenvalue weighted by molar-refractivity contribution is 7.99. The molecule has 3 aromatic carbocycles. The van der Waals surface area contributed by atoms with E-state index in [1.807, 2.05) is 96.4 Å². The van der Waals surface area contributed by atoms with Crippen LogP contribution in [0.4, 0.5) is 10.6 Å². The fraction of sp³-hybridized carbons (Fsp3) is 0.282. The first-order valence-corrected chi connectivity index (χ1v) is 17.8. The quantitative estimate of drug-likeness (QED) is 0.132. The summed E-state index contributed by atoms with van der Waals surface area (Å²) in [6, 6.07) is 29.5. The number of rotatable bonds is 9. The van der Waals surface area contributed by atoms with Crippen LogP contribution < -0.4 is 15.4 Å². The SMILES string of the molecule is Cc1ccc(-n2nc(C(C)(C)C)cc2NC(=O)N[C@H]2CC[C@H](Oc3ccc4nnc(-c5ccccc5SCCO)n4c3)c3ccccc32)cc1. The Bertz CT molecular complexity index is 2130. The summed E-state index contributed by atoms with van der Waals surface area (Å²) >= 11 is 1.58. The Kier molecular flexibility index (Phi) is 9.35. The second-order valence-corrected chi connectivity index (χ2v) is 14.7. The van der Waals surface area contributed by atoms with Gasteiger partial charge in [-0.2, -0.15) is 5.10 Å². The van der Waals surface area contributed by atoms with Crippen LogP contribution in [0.3, 0.4) is 0 Å². The van der Waals surface area contributed by atoms with Gasteiger partial charge in [-0.05, 0) is 61.2 Å². The number of carbonyl (C=O) groups excluding carboxylic acids is 1. The number of hydrogen-bond donors (Lipinski definition) is 3. The second-order valence-electron chi connectivity index (χ2n) is 13.6. The highest BCUT2D eigenvalue weighted by Crippen LogP contribution is 2.39. The number of benzene rings is 3. The van der Waals surface area contributed by atoms with E-state index in [1.165, 1.54) is 0 Å². The van der Waals surface area contributed by atoms with E-state index < -0.39 is 0 Å². The smallest absolute Gasteiger partial charge is 0.320 e. The Morgan fingerprint density at radius 2 is 1.72 bits per heavy atom. The number of aryl methyl sites for hydroxylation is 1. The number of carbonyl (C=O) groups is 1. The van der Waals surface area contributed by atoms with E-state index in [4.69, 9.17) is 9.84 Å². The summed E-state index contributed by atoms with van der Waals surface area (Å²) < 4.78 is 10.4. The molecule has 6 aromatic rings. The summed E-state index contributed by atoms with van der Waals surface area (Å²) in [6.07, 6.45) is 3.15. The average molecular weight is 688 g/mol. The molecule has 7 rings (SSSR count). The third-order valence-electron chi connectivity index (χ3n) is 8.87. The molecule has 2 atom stereocenters. The minimum Gasteiger partial charge on any atom is -0.484 e. The standard InChI is InChI=1S/C39H41N7O3S/c1-25-13-15-26(16-14-25)46-36(23-34(44-46)39(2,3)4)41-38(48)40-31-18-19-32(29-10-6-5-9-28(29)31)49-27-17-20-35-42-43-37(45(35)24-27)30-11-7-8-12-33(30)50-22-21-47/h5-17,20,23-24,31-32,47H,18-19,21-22H2,1-4H3,(H2,40,41,48)/t31-,32-/m0/s1. The normalized spacial score (nSPS) is 15.9. The molecule has 10 nitrogen and oxygen atoms in total. The molecule has 0 saturated heterocycles. The molecule has 0 fully saturated rings. The molecule has 1 aliphatic carbocycles. The van der Waals surface area contributed by atoms with Crippen LogP contribution in [0.25, 0.3) is 22.7 Å². The molecule has 256 valence electrons. The minimum absolute atomic E-state index is 0.0967. The summed E-state index contributed by atoms with van der Waals surface area (Å²) in [6.45, 7) is 8.47. The van der Waals surface area contributed by atoms with Crippen LogP contribution in [0.2, 0.25) is 0 Å². The van der Waals surface area contributed by atoms with Gasteiger partial charge in [-0.1, -0.05) is 80.9 Å². The van der Waals surface area contributed by atoms with E-state index in [1.54, 1.807) is 16.4 Å². The van der Waals surface area contributed by atoms with Crippen molar-refractivity contribution < 1.29 is 14.6 Å². The molecule has 3 N–H and O–H groups in total. The van der Waals surface area contributed by atoms with E-state index in [0.717, 1.165) is 38.5 Å². The predicted octanol–water partition coefficient (Wildman–Crippen LogP) is 8.05. The summed E-state index contributed by atoms with van der Waals surface area (Å²) in [4.78, 5) is 14.6. The highest BCUT2D eigenvalue weighted by Gasteiger charge is 2.30. The van der Waals surface area contributed by atoms with Gasteiger partial charge in [0.2, 0.25) is 0 Å². The zero-order chi connectivity index (χ0) is 34.8. The van der Waals surface area contributed by atoms with Gasteiger partial charge in [0.25, 0.3) is 0 Å². The summed E-state index contributed by atoms with van der Waals surface area (Å²) in [5, 5.41) is 29.4. The number of fused-ring (bicyclic) bond motifs is 2. The summed E-state index contributed by atoms with van der Waals surface area (Å²) in [7, 11) is 0. The molecule has 3 aromatic heterocycles. The molecule has 11 heteroatoms. The lowest BCUT2D eigenvalue weighted by Gasteiger charge is -2.32. The number of amides is 2. The number of hydrogen-bond acceptors (Lipinski definition) is 7. The van der Waals surface area contributed by atoms with Crippen molar-refractivity contribution in [1.29, 1.82) is 0 Å². The lowest BCUT2D eigenvalue weighted by Crippen LogP contribution is -2.36. The summed E-state index contributed by atoms with van der Waals surface area (Å²) in [5.41, 5.74) is 6.46. The maximum Gasteiger partial charge on any atom is 0.320 e. The molecule has 0 unspecified atom stereocenters. The van der Waals surface area contributed by atoms with Crippen molar-refractivity contribution >= 4 is 29.3 Å². The molecule has 50 heavy (non-hydrogen) atoms. The molecule has 3 heterocycles. The molecule has 0 saturated carbocycles. The molecular weight excluding hydrogens is 647 g/mol. The van der Waals surface area contributed by atoms with Crippen LogP contribution in [-0.4, -0.2) is 47.9 Å². The van der Waals surface area contributed by atoms with Gasteiger partial charge in [0.15, 0.2) is 11.5 Å². The number of pyridine rings is 1. The Morgan fingerprint density at radius 1 is 0.960 bits per heavy atom. The largest absolute Gasteiger partial charge is 0.484 e. The zero-order valence-electron chi connectivity index (χ0n) is 28.6. The average Bonchev–Trinajstić information content (AvgIpc) is 3.73. The van der Waals surface area contributed by atoms with Crippen molar-refractivity contribution in [2.75, 3.05) is 17.7 Å². The van der Waals surface area contributed by atoms with Crippen LogP contribution in [0.5, 0.6) is 5.75 Å². The lowest BCUT2D eigenvalue weighted by atomic mass is 9.85. The second kappa shape index (κ2) is 14.0. The van der Waals surface area contributed by atoms with Gasteiger partial charge in [-0.15, -0.1) is 22.0 Å². The number of ether oxygens (including phenoxy) is 1. The van der Waals surface area contributed by atoms with Gasteiger partial charge < -0.3 is 15.2 Å². The number of aromatic nitrogens is 5. The number of thioether (sulfide) groups is 1. The van der Waals surface area contributed by atoms with Crippen molar-refractivity contribution in [3.8, 4) is 22.8 Å². The number of nitrogens with one attached hydrogen (secondary N) is 2. The van der Waals surface area contributed by atoms with E-state index >= 15 is 0 Å². The van der Waals surface area contributed by atoms with Crippen LogP contribution in [0, 0.1) is 6.92 Å². The van der Waals surface area contributed by atoms with Gasteiger partial charge >= 0.3 is 6.03 Å². The fourth-order valence-corrected chi connectivity index (χ4v) is 7.08. The number of urea groups is 1. The summed E-state index contributed by atoms with van der Waals surface area (Å²) in [5.74, 6) is 2.61. The molecular formula is C39H41N7O3S. The van der Waals surface area contributed by atoms with E-state index in [9.17, 15) is 9.90 Å². The van der Waals surface area contributed by atoms with Gasteiger partial charge in [0, 0.05) is 27.7 Å². The van der Waals surface area contributed by atoms with E-state index in [0.29, 0.717) is 41.6 Å². The number of aliphatic hydroxyl groups excluding tert-OH is 1. The number of anilines is 1. The van der Waals surface area contributed by atoms with Crippen molar-refractivity contribution in [3.05, 3.63) is 120 Å². The van der Waals surface area contributed by atoms with Gasteiger partial charge in [0.1, 0.15) is 17.7 Å². The number of aliphatic hydroxyl groups is 1. The van der Waals surface area contributed by atoms with Gasteiger partial charge in [0.05, 0.1) is 30.2 Å².